The first-order valence-corrected chi connectivity index (χ1v) is 7.07. The summed E-state index contributed by atoms with van der Waals surface area (Å²) in [5, 5.41) is 0. The molecule has 0 aliphatic carbocycles. The lowest BCUT2D eigenvalue weighted by atomic mass is 10.0. The molecule has 0 atom stereocenters. The van der Waals surface area contributed by atoms with Gasteiger partial charge in [-0.05, 0) is 26.2 Å². The van der Waals surface area contributed by atoms with Crippen molar-refractivity contribution >= 4 is 11.9 Å². The van der Waals surface area contributed by atoms with Crippen LogP contribution in [0, 0.1) is 5.92 Å². The molecule has 4 heteroatoms. The summed E-state index contributed by atoms with van der Waals surface area (Å²) in [6.07, 6.45) is 6.33. The van der Waals surface area contributed by atoms with E-state index < -0.39 is 5.97 Å². The Morgan fingerprint density at radius 2 is 1.74 bits per heavy atom. The van der Waals surface area contributed by atoms with Crippen molar-refractivity contribution in [2.75, 3.05) is 6.79 Å². The lowest BCUT2D eigenvalue weighted by Gasteiger charge is -2.12. The molecule has 0 N–H and O–H groups in total. The molecule has 0 aliphatic rings. The maximum Gasteiger partial charge on any atom is 0.336 e. The number of ether oxygens (including phenoxy) is 2. The zero-order valence-corrected chi connectivity index (χ0v) is 12.5. The third-order valence-corrected chi connectivity index (χ3v) is 3.04. The van der Waals surface area contributed by atoms with Gasteiger partial charge in [-0.2, -0.15) is 0 Å². The van der Waals surface area contributed by atoms with Gasteiger partial charge < -0.3 is 9.47 Å². The zero-order chi connectivity index (χ0) is 14.7. The molecule has 0 saturated heterocycles. The van der Waals surface area contributed by atoms with E-state index in [1.165, 1.54) is 0 Å². The SMILES string of the molecule is CCCCC=C(C)C(=O)OCOC(=O)C(CC)CC. The van der Waals surface area contributed by atoms with Crippen molar-refractivity contribution in [3.8, 4) is 0 Å². The number of carbonyl (C=O) groups excluding carboxylic acids is 2. The summed E-state index contributed by atoms with van der Waals surface area (Å²) in [6.45, 7) is 7.37. The number of esters is 2. The molecule has 0 heterocycles. The van der Waals surface area contributed by atoms with Crippen LogP contribution in [0.1, 0.15) is 59.8 Å². The Bertz CT molecular complexity index is 303. The van der Waals surface area contributed by atoms with Gasteiger partial charge in [-0.1, -0.05) is 39.7 Å². The molecule has 0 spiro atoms. The molecular formula is C15H26O4. The molecule has 0 bridgehead atoms. The van der Waals surface area contributed by atoms with Gasteiger partial charge >= 0.3 is 11.9 Å². The maximum atomic E-state index is 11.5. The van der Waals surface area contributed by atoms with E-state index in [9.17, 15) is 9.59 Å². The first kappa shape index (κ1) is 17.7. The van der Waals surface area contributed by atoms with Gasteiger partial charge in [-0.25, -0.2) is 4.79 Å². The maximum absolute atomic E-state index is 11.5. The number of allylic oxidation sites excluding steroid dienone is 1. The quantitative estimate of drug-likeness (QED) is 0.278. The van der Waals surface area contributed by atoms with Gasteiger partial charge in [-0.15, -0.1) is 0 Å². The molecule has 0 aromatic carbocycles. The minimum Gasteiger partial charge on any atom is -0.428 e. The van der Waals surface area contributed by atoms with Crippen molar-refractivity contribution in [1.29, 1.82) is 0 Å². The predicted molar refractivity (Wildman–Crippen MR) is 74.4 cm³/mol. The monoisotopic (exact) mass is 270 g/mol. The topological polar surface area (TPSA) is 52.6 Å². The van der Waals surface area contributed by atoms with Crippen molar-refractivity contribution in [1.82, 2.24) is 0 Å². The average molecular weight is 270 g/mol. The summed E-state index contributed by atoms with van der Waals surface area (Å²) in [6, 6.07) is 0. The van der Waals surface area contributed by atoms with Crippen LogP contribution in [0.5, 0.6) is 0 Å². The molecule has 4 nitrogen and oxygen atoms in total. The van der Waals surface area contributed by atoms with Crippen LogP contribution < -0.4 is 0 Å². The van der Waals surface area contributed by atoms with Crippen LogP contribution in [0.25, 0.3) is 0 Å². The Morgan fingerprint density at radius 1 is 1.11 bits per heavy atom. The summed E-state index contributed by atoms with van der Waals surface area (Å²) < 4.78 is 9.82. The first-order valence-electron chi connectivity index (χ1n) is 7.07. The third kappa shape index (κ3) is 7.65. The molecule has 19 heavy (non-hydrogen) atoms. The molecular weight excluding hydrogens is 244 g/mol. The lowest BCUT2D eigenvalue weighted by molar-refractivity contribution is -0.168. The minimum atomic E-state index is -0.423. The molecule has 0 aromatic heterocycles. The summed E-state index contributed by atoms with van der Waals surface area (Å²) in [5.74, 6) is -0.834. The van der Waals surface area contributed by atoms with E-state index in [2.05, 4.69) is 6.92 Å². The second kappa shape index (κ2) is 10.6. The zero-order valence-electron chi connectivity index (χ0n) is 12.5. The van der Waals surface area contributed by atoms with E-state index in [4.69, 9.17) is 9.47 Å². The molecule has 0 amide bonds. The standard InChI is InChI=1S/C15H26O4/c1-5-8-9-10-12(4)14(16)18-11-19-15(17)13(6-2)7-3/h10,13H,5-9,11H2,1-4H3. The Hall–Kier alpha value is -1.32. The van der Waals surface area contributed by atoms with Crippen molar-refractivity contribution in [3.05, 3.63) is 11.6 Å². The number of carbonyl (C=O) groups is 2. The highest BCUT2D eigenvalue weighted by atomic mass is 16.7. The van der Waals surface area contributed by atoms with E-state index in [1.54, 1.807) is 6.92 Å². The third-order valence-electron chi connectivity index (χ3n) is 3.04. The van der Waals surface area contributed by atoms with Crippen LogP contribution in [-0.2, 0) is 19.1 Å². The fourth-order valence-corrected chi connectivity index (χ4v) is 1.60. The van der Waals surface area contributed by atoms with Crippen LogP contribution in [0.4, 0.5) is 0 Å². The predicted octanol–water partition coefficient (Wildman–Crippen LogP) is 3.60. The van der Waals surface area contributed by atoms with Crippen LogP contribution in [0.2, 0.25) is 0 Å². The lowest BCUT2D eigenvalue weighted by Crippen LogP contribution is -2.19. The Balaban J connectivity index is 3.97. The Morgan fingerprint density at radius 3 is 2.26 bits per heavy atom. The summed E-state index contributed by atoms with van der Waals surface area (Å²) in [5.41, 5.74) is 0.562. The molecule has 0 unspecified atom stereocenters. The largest absolute Gasteiger partial charge is 0.428 e. The molecule has 110 valence electrons. The number of hydrogen-bond donors (Lipinski definition) is 0. The Labute approximate surface area is 116 Å². The fourth-order valence-electron chi connectivity index (χ4n) is 1.60. The molecule has 0 rings (SSSR count). The van der Waals surface area contributed by atoms with E-state index in [-0.39, 0.29) is 18.7 Å². The van der Waals surface area contributed by atoms with Gasteiger partial charge in [0.15, 0.2) is 0 Å². The summed E-state index contributed by atoms with van der Waals surface area (Å²) in [4.78, 5) is 23.1. The van der Waals surface area contributed by atoms with E-state index in [1.807, 2.05) is 19.9 Å². The van der Waals surface area contributed by atoms with Crippen LogP contribution >= 0.6 is 0 Å². The van der Waals surface area contributed by atoms with E-state index in [0.29, 0.717) is 5.57 Å². The second-order valence-electron chi connectivity index (χ2n) is 4.56. The van der Waals surface area contributed by atoms with Gasteiger partial charge in [0.1, 0.15) is 0 Å². The highest BCUT2D eigenvalue weighted by molar-refractivity contribution is 5.87. The second-order valence-corrected chi connectivity index (χ2v) is 4.56. The highest BCUT2D eigenvalue weighted by Gasteiger charge is 2.16. The van der Waals surface area contributed by atoms with Gasteiger partial charge in [0, 0.05) is 5.57 Å². The molecule has 0 radical (unpaired) electrons. The Kier molecular flexibility index (Phi) is 9.85. The van der Waals surface area contributed by atoms with Crippen molar-refractivity contribution in [3.63, 3.8) is 0 Å². The molecule has 0 fully saturated rings. The van der Waals surface area contributed by atoms with Gasteiger partial charge in [0.2, 0.25) is 6.79 Å². The van der Waals surface area contributed by atoms with Crippen molar-refractivity contribution in [2.24, 2.45) is 5.92 Å². The molecule has 0 aliphatic heterocycles. The number of unbranched alkanes of at least 4 members (excludes halogenated alkanes) is 2. The van der Waals surface area contributed by atoms with Crippen LogP contribution in [-0.4, -0.2) is 18.7 Å². The summed E-state index contributed by atoms with van der Waals surface area (Å²) in [7, 11) is 0. The normalized spacial score (nSPS) is 11.5. The smallest absolute Gasteiger partial charge is 0.336 e. The van der Waals surface area contributed by atoms with Crippen LogP contribution in [0.3, 0.4) is 0 Å². The first-order chi connectivity index (χ1) is 9.06. The number of hydrogen-bond acceptors (Lipinski definition) is 4. The van der Waals surface area contributed by atoms with Gasteiger partial charge in [-0.3, -0.25) is 4.79 Å². The van der Waals surface area contributed by atoms with Crippen molar-refractivity contribution in [2.45, 2.75) is 59.8 Å². The van der Waals surface area contributed by atoms with Gasteiger partial charge in [0.05, 0.1) is 5.92 Å². The molecule has 0 aromatic rings. The number of rotatable bonds is 9. The summed E-state index contributed by atoms with van der Waals surface area (Å²) >= 11 is 0. The van der Waals surface area contributed by atoms with E-state index >= 15 is 0 Å². The minimum absolute atomic E-state index is 0.111. The molecule has 0 saturated carbocycles. The highest BCUT2D eigenvalue weighted by Crippen LogP contribution is 2.10. The van der Waals surface area contributed by atoms with E-state index in [0.717, 1.165) is 32.1 Å². The average Bonchev–Trinajstić information content (AvgIpc) is 2.40. The van der Waals surface area contributed by atoms with Crippen molar-refractivity contribution < 1.29 is 19.1 Å². The van der Waals surface area contributed by atoms with Gasteiger partial charge in [0.25, 0.3) is 0 Å². The van der Waals surface area contributed by atoms with Crippen LogP contribution in [0.15, 0.2) is 11.6 Å². The fraction of sp³-hybridized carbons (Fsp3) is 0.733.